The van der Waals surface area contributed by atoms with Gasteiger partial charge in [-0.15, -0.1) is 0 Å². The van der Waals surface area contributed by atoms with E-state index in [9.17, 15) is 51.6 Å². The predicted molar refractivity (Wildman–Crippen MR) is 156 cm³/mol. The van der Waals surface area contributed by atoms with Crippen LogP contribution in [0.25, 0.3) is 0 Å². The van der Waals surface area contributed by atoms with Crippen LogP contribution in [0.2, 0.25) is 0 Å². The molecule has 264 valence electrons. The van der Waals surface area contributed by atoms with Gasteiger partial charge < -0.3 is 18.9 Å². The van der Waals surface area contributed by atoms with Crippen LogP contribution in [-0.2, 0) is 71.9 Å². The Kier molecular flexibility index (Phi) is 8.59. The summed E-state index contributed by atoms with van der Waals surface area (Å²) in [5, 5.41) is -1.44. The van der Waals surface area contributed by atoms with Gasteiger partial charge in [-0.3, -0.25) is 43.2 Å². The largest absolute Gasteiger partial charge is 0.393 e. The van der Waals surface area contributed by atoms with Crippen LogP contribution < -0.4 is 0 Å². The number of ketones is 1. The predicted octanol–water partition coefficient (Wildman–Crippen LogP) is 0.925. The smallest absolute Gasteiger partial charge is 0.317 e. The standard InChI is InChI=1S/C17H18O7.C16H18O8S/c18-13(7-1-3-9-11(5-7)16(21)23-14(9)19)8-2-4-10-12(6-8)17(22)24-15(10)20;17-13-9-3-1-7(5-11(9)15(19)23-13)25(21,22)8-2-4-10-12(6-8)16(20)24-14(10)18/h7-12H,1-6H2;7-12H,1-6H2. The number of cyclic esters (lactones) is 8. The molecule has 4 saturated carbocycles. The molecular weight excluding hydrogens is 668 g/mol. The van der Waals surface area contributed by atoms with Crippen molar-refractivity contribution in [2.75, 3.05) is 0 Å². The molecule has 0 amide bonds. The lowest BCUT2D eigenvalue weighted by atomic mass is 9.67. The van der Waals surface area contributed by atoms with Crippen molar-refractivity contribution in [2.45, 2.75) is 87.5 Å². The third kappa shape index (κ3) is 5.82. The molecule has 8 fully saturated rings. The van der Waals surface area contributed by atoms with Crippen molar-refractivity contribution >= 4 is 63.4 Å². The summed E-state index contributed by atoms with van der Waals surface area (Å²) >= 11 is 0. The first-order chi connectivity index (χ1) is 23.2. The Bertz CT molecular complexity index is 1550. The molecule has 8 rings (SSSR count). The number of esters is 8. The Morgan fingerprint density at radius 2 is 0.653 bits per heavy atom. The van der Waals surface area contributed by atoms with Crippen LogP contribution in [0.15, 0.2) is 0 Å². The summed E-state index contributed by atoms with van der Waals surface area (Å²) in [4.78, 5) is 106. The molecule has 0 aromatic heterocycles. The fourth-order valence-electron chi connectivity index (χ4n) is 9.50. The second kappa shape index (κ2) is 12.5. The molecule has 0 spiro atoms. The van der Waals surface area contributed by atoms with E-state index in [2.05, 4.69) is 18.9 Å². The minimum Gasteiger partial charge on any atom is -0.393 e. The van der Waals surface area contributed by atoms with E-state index in [0.717, 1.165) is 0 Å². The van der Waals surface area contributed by atoms with Crippen molar-refractivity contribution < 1.29 is 70.5 Å². The maximum atomic E-state index is 13.0. The number of hydrogen-bond donors (Lipinski definition) is 0. The van der Waals surface area contributed by atoms with Crippen LogP contribution in [-0.4, -0.2) is 72.5 Å². The minimum absolute atomic E-state index is 0.0474. The van der Waals surface area contributed by atoms with Gasteiger partial charge >= 0.3 is 47.8 Å². The minimum atomic E-state index is -3.58. The number of sulfone groups is 1. The van der Waals surface area contributed by atoms with Crippen molar-refractivity contribution in [2.24, 2.45) is 59.2 Å². The molecular formula is C33H36O15S. The van der Waals surface area contributed by atoms with Crippen LogP contribution in [0, 0.1) is 59.2 Å². The van der Waals surface area contributed by atoms with Gasteiger partial charge in [0.2, 0.25) is 0 Å². The van der Waals surface area contributed by atoms with Gasteiger partial charge in [-0.1, -0.05) is 0 Å². The zero-order valence-corrected chi connectivity index (χ0v) is 27.3. The van der Waals surface area contributed by atoms with E-state index in [0.29, 0.717) is 64.2 Å². The molecule has 8 aliphatic rings. The Morgan fingerprint density at radius 3 is 0.980 bits per heavy atom. The van der Waals surface area contributed by atoms with E-state index < -0.39 is 115 Å². The fraction of sp³-hybridized carbons (Fsp3) is 0.727. The lowest BCUT2D eigenvalue weighted by Gasteiger charge is -2.33. The maximum Gasteiger partial charge on any atom is 0.317 e. The molecule has 4 heterocycles. The normalized spacial score (nSPS) is 41.3. The van der Waals surface area contributed by atoms with Crippen LogP contribution in [0.4, 0.5) is 0 Å². The Hall–Kier alpha value is -3.82. The molecule has 12 unspecified atom stereocenters. The zero-order chi connectivity index (χ0) is 34.9. The van der Waals surface area contributed by atoms with Gasteiger partial charge in [-0.2, -0.15) is 0 Å². The topological polar surface area (TPSA) is 225 Å². The molecule has 16 heteroatoms. The Labute approximate surface area is 280 Å². The molecule has 4 aliphatic heterocycles. The van der Waals surface area contributed by atoms with Crippen molar-refractivity contribution in [1.82, 2.24) is 0 Å². The van der Waals surface area contributed by atoms with E-state index in [1.807, 2.05) is 0 Å². The summed E-state index contributed by atoms with van der Waals surface area (Å²) in [5.41, 5.74) is 0. The average Bonchev–Trinajstić information content (AvgIpc) is 3.75. The lowest BCUT2D eigenvalue weighted by molar-refractivity contribution is -0.155. The van der Waals surface area contributed by atoms with Crippen LogP contribution in [0.5, 0.6) is 0 Å². The Morgan fingerprint density at radius 1 is 0.388 bits per heavy atom. The second-order valence-electron chi connectivity index (χ2n) is 14.7. The van der Waals surface area contributed by atoms with Crippen molar-refractivity contribution in [3.05, 3.63) is 0 Å². The van der Waals surface area contributed by atoms with Gasteiger partial charge in [-0.05, 0) is 77.0 Å². The van der Waals surface area contributed by atoms with Crippen LogP contribution >= 0.6 is 0 Å². The van der Waals surface area contributed by atoms with Gasteiger partial charge in [0.25, 0.3) is 0 Å². The molecule has 49 heavy (non-hydrogen) atoms. The van der Waals surface area contributed by atoms with E-state index >= 15 is 0 Å². The first-order valence-corrected chi connectivity index (χ1v) is 18.6. The van der Waals surface area contributed by atoms with Crippen LogP contribution in [0.1, 0.15) is 77.0 Å². The summed E-state index contributed by atoms with van der Waals surface area (Å²) in [5.74, 6) is -9.11. The van der Waals surface area contributed by atoms with Gasteiger partial charge in [-0.25, -0.2) is 8.42 Å². The van der Waals surface area contributed by atoms with Crippen molar-refractivity contribution in [3.63, 3.8) is 0 Å². The first kappa shape index (κ1) is 33.7. The van der Waals surface area contributed by atoms with E-state index in [1.54, 1.807) is 0 Å². The molecule has 0 bridgehead atoms. The second-order valence-corrected chi connectivity index (χ2v) is 17.2. The summed E-state index contributed by atoms with van der Waals surface area (Å²) in [7, 11) is -3.58. The molecule has 0 N–H and O–H groups in total. The van der Waals surface area contributed by atoms with Gasteiger partial charge in [0.05, 0.1) is 57.8 Å². The lowest BCUT2D eigenvalue weighted by Crippen LogP contribution is -2.42. The highest BCUT2D eigenvalue weighted by Crippen LogP contribution is 2.46. The third-order valence-corrected chi connectivity index (χ3v) is 15.0. The highest BCUT2D eigenvalue weighted by molar-refractivity contribution is 7.92. The number of ether oxygens (including phenoxy) is 4. The summed E-state index contributed by atoms with van der Waals surface area (Å²) in [6.07, 6.45) is 4.24. The molecule has 0 aromatic rings. The highest BCUT2D eigenvalue weighted by atomic mass is 32.2. The van der Waals surface area contributed by atoms with E-state index in [-0.39, 0.29) is 30.5 Å². The van der Waals surface area contributed by atoms with Crippen LogP contribution in [0.3, 0.4) is 0 Å². The summed E-state index contributed by atoms with van der Waals surface area (Å²) in [6.45, 7) is 0. The van der Waals surface area contributed by atoms with Crippen molar-refractivity contribution in [1.29, 1.82) is 0 Å². The number of carbonyl (C=O) groups is 9. The number of fused-ring (bicyclic) bond motifs is 4. The summed E-state index contributed by atoms with van der Waals surface area (Å²) < 4.78 is 44.6. The number of carbonyl (C=O) groups excluding carboxylic acids is 9. The third-order valence-electron chi connectivity index (χ3n) is 12.3. The average molecular weight is 705 g/mol. The number of hydrogen-bond acceptors (Lipinski definition) is 15. The first-order valence-electron chi connectivity index (χ1n) is 17.0. The van der Waals surface area contributed by atoms with E-state index in [4.69, 9.17) is 0 Å². The van der Waals surface area contributed by atoms with Gasteiger partial charge in [0, 0.05) is 11.8 Å². The fourth-order valence-corrected chi connectivity index (χ4v) is 11.9. The molecule has 4 saturated heterocycles. The number of rotatable bonds is 4. The molecule has 12 atom stereocenters. The van der Waals surface area contributed by atoms with Gasteiger partial charge in [0.1, 0.15) is 5.78 Å². The highest BCUT2D eigenvalue weighted by Gasteiger charge is 2.55. The van der Waals surface area contributed by atoms with Gasteiger partial charge in [0.15, 0.2) is 9.84 Å². The molecule has 15 nitrogen and oxygen atoms in total. The maximum absolute atomic E-state index is 13.0. The SMILES string of the molecule is O=C(C1CCC2C(=O)OC(=O)C2C1)C1CCC2C(=O)OC(=O)C2C1.O=C1OC(=O)C2CC(S(=O)(=O)C3CCC4C(=O)OC(=O)C4C3)CCC12. The molecule has 0 radical (unpaired) electrons. The molecule has 4 aliphatic carbocycles. The Balaban J connectivity index is 0.000000154. The molecule has 0 aromatic carbocycles. The summed E-state index contributed by atoms with van der Waals surface area (Å²) in [6, 6.07) is 0. The zero-order valence-electron chi connectivity index (χ0n) is 26.4. The number of Topliss-reactive ketones (excluding diaryl/α,β-unsaturated/α-hetero) is 1. The monoisotopic (exact) mass is 704 g/mol. The quantitative estimate of drug-likeness (QED) is 0.225. The van der Waals surface area contributed by atoms with E-state index in [1.165, 1.54) is 0 Å². The van der Waals surface area contributed by atoms with Crippen molar-refractivity contribution in [3.8, 4) is 0 Å².